The Morgan fingerprint density at radius 1 is 1.00 bits per heavy atom. The molecule has 0 aliphatic carbocycles. The largest absolute Gasteiger partial charge is 0.395 e. The Balaban J connectivity index is 2.48. The van der Waals surface area contributed by atoms with Crippen LogP contribution in [0.2, 0.25) is 0 Å². The molecule has 0 aromatic heterocycles. The van der Waals surface area contributed by atoms with E-state index in [0.29, 0.717) is 12.0 Å². The maximum Gasteiger partial charge on any atom is 0.127 e. The van der Waals surface area contributed by atoms with Crippen LogP contribution in [0.25, 0.3) is 0 Å². The van der Waals surface area contributed by atoms with Crippen LogP contribution in [0, 0.1) is 19.7 Å². The van der Waals surface area contributed by atoms with Crippen LogP contribution in [-0.2, 0) is 11.8 Å². The van der Waals surface area contributed by atoms with Crippen molar-refractivity contribution >= 4 is 0 Å². The fourth-order valence-electron chi connectivity index (χ4n) is 2.67. The van der Waals surface area contributed by atoms with Gasteiger partial charge in [-0.05, 0) is 43.0 Å². The first-order valence-electron chi connectivity index (χ1n) is 7.05. The third kappa shape index (κ3) is 3.14. The molecule has 0 unspecified atom stereocenters. The van der Waals surface area contributed by atoms with Gasteiger partial charge in [0.15, 0.2) is 0 Å². The van der Waals surface area contributed by atoms with Gasteiger partial charge in [0.25, 0.3) is 0 Å². The summed E-state index contributed by atoms with van der Waals surface area (Å²) in [5, 5.41) is 19.7. The van der Waals surface area contributed by atoms with Crippen LogP contribution in [0.15, 0.2) is 42.5 Å². The average molecular weight is 288 g/mol. The first kappa shape index (κ1) is 15.7. The minimum Gasteiger partial charge on any atom is -0.395 e. The lowest BCUT2D eigenvalue weighted by Crippen LogP contribution is -2.38. The van der Waals surface area contributed by atoms with Crippen molar-refractivity contribution < 1.29 is 14.6 Å². The van der Waals surface area contributed by atoms with E-state index in [0.717, 1.165) is 16.7 Å². The first-order valence-corrected chi connectivity index (χ1v) is 7.05. The lowest BCUT2D eigenvalue weighted by molar-refractivity contribution is 0.113. The summed E-state index contributed by atoms with van der Waals surface area (Å²) in [7, 11) is 0. The van der Waals surface area contributed by atoms with Crippen LogP contribution >= 0.6 is 0 Å². The maximum absolute atomic E-state index is 14.1. The standard InChI is InChI=1S/C18H21FO2/c1-13-7-8-14(2)15(9-13)10-18(11-20,12-21)16-5-3-4-6-17(16)19/h3-9,20-21H,10-12H2,1-2H3. The average Bonchev–Trinajstić information content (AvgIpc) is 2.49. The highest BCUT2D eigenvalue weighted by Crippen LogP contribution is 2.31. The van der Waals surface area contributed by atoms with Crippen LogP contribution in [-0.4, -0.2) is 23.4 Å². The van der Waals surface area contributed by atoms with Gasteiger partial charge >= 0.3 is 0 Å². The normalized spacial score (nSPS) is 11.7. The fourth-order valence-corrected chi connectivity index (χ4v) is 2.67. The van der Waals surface area contributed by atoms with Crippen LogP contribution in [0.5, 0.6) is 0 Å². The van der Waals surface area contributed by atoms with E-state index >= 15 is 0 Å². The van der Waals surface area contributed by atoms with Crippen molar-refractivity contribution in [1.82, 2.24) is 0 Å². The van der Waals surface area contributed by atoms with E-state index in [9.17, 15) is 14.6 Å². The van der Waals surface area contributed by atoms with Gasteiger partial charge in [-0.3, -0.25) is 0 Å². The van der Waals surface area contributed by atoms with Crippen molar-refractivity contribution in [2.24, 2.45) is 0 Å². The quantitative estimate of drug-likeness (QED) is 0.888. The number of halogens is 1. The highest BCUT2D eigenvalue weighted by atomic mass is 19.1. The number of aliphatic hydroxyl groups is 2. The Hall–Kier alpha value is -1.71. The van der Waals surface area contributed by atoms with E-state index in [1.54, 1.807) is 18.2 Å². The van der Waals surface area contributed by atoms with E-state index in [1.165, 1.54) is 6.07 Å². The minimum absolute atomic E-state index is 0.308. The zero-order valence-corrected chi connectivity index (χ0v) is 12.4. The van der Waals surface area contributed by atoms with Gasteiger partial charge in [0, 0.05) is 5.41 Å². The van der Waals surface area contributed by atoms with Gasteiger partial charge in [-0.25, -0.2) is 4.39 Å². The molecule has 2 aromatic carbocycles. The molecule has 0 aliphatic heterocycles. The van der Waals surface area contributed by atoms with Crippen molar-refractivity contribution in [3.8, 4) is 0 Å². The van der Waals surface area contributed by atoms with Gasteiger partial charge in [-0.2, -0.15) is 0 Å². The molecule has 0 spiro atoms. The summed E-state index contributed by atoms with van der Waals surface area (Å²) in [4.78, 5) is 0. The van der Waals surface area contributed by atoms with Gasteiger partial charge in [0.1, 0.15) is 5.82 Å². The zero-order valence-electron chi connectivity index (χ0n) is 12.4. The van der Waals surface area contributed by atoms with E-state index < -0.39 is 11.2 Å². The summed E-state index contributed by atoms with van der Waals surface area (Å²) in [6, 6.07) is 12.4. The highest BCUT2D eigenvalue weighted by Gasteiger charge is 2.34. The molecule has 21 heavy (non-hydrogen) atoms. The lowest BCUT2D eigenvalue weighted by atomic mass is 9.75. The second-order valence-corrected chi connectivity index (χ2v) is 5.68. The molecule has 0 heterocycles. The van der Waals surface area contributed by atoms with Crippen molar-refractivity contribution in [2.75, 3.05) is 13.2 Å². The molecule has 2 aromatic rings. The predicted molar refractivity (Wildman–Crippen MR) is 81.9 cm³/mol. The number of aliphatic hydroxyl groups excluding tert-OH is 2. The molecule has 0 saturated carbocycles. The number of benzene rings is 2. The summed E-state index contributed by atoms with van der Waals surface area (Å²) in [6.45, 7) is 3.36. The number of hydrogen-bond acceptors (Lipinski definition) is 2. The van der Waals surface area contributed by atoms with Crippen molar-refractivity contribution in [3.63, 3.8) is 0 Å². The van der Waals surface area contributed by atoms with Gasteiger partial charge in [-0.1, -0.05) is 42.0 Å². The third-order valence-electron chi connectivity index (χ3n) is 4.08. The van der Waals surface area contributed by atoms with Crippen LogP contribution in [0.1, 0.15) is 22.3 Å². The SMILES string of the molecule is Cc1ccc(C)c(CC(CO)(CO)c2ccccc2F)c1. The number of hydrogen-bond donors (Lipinski definition) is 2. The summed E-state index contributed by atoms with van der Waals surface area (Å²) in [5.41, 5.74) is 2.54. The molecule has 0 amide bonds. The lowest BCUT2D eigenvalue weighted by Gasteiger charge is -2.31. The topological polar surface area (TPSA) is 40.5 Å². The summed E-state index contributed by atoms with van der Waals surface area (Å²) in [5.74, 6) is -0.397. The molecule has 0 aliphatic rings. The molecule has 0 bridgehead atoms. The molecule has 112 valence electrons. The maximum atomic E-state index is 14.1. The smallest absolute Gasteiger partial charge is 0.127 e. The number of rotatable bonds is 5. The third-order valence-corrected chi connectivity index (χ3v) is 4.08. The van der Waals surface area contributed by atoms with Gasteiger partial charge in [0.2, 0.25) is 0 Å². The molecule has 0 fully saturated rings. The second-order valence-electron chi connectivity index (χ2n) is 5.68. The Bertz CT molecular complexity index is 618. The van der Waals surface area contributed by atoms with Crippen molar-refractivity contribution in [2.45, 2.75) is 25.7 Å². The number of aryl methyl sites for hydroxylation is 2. The molecular formula is C18H21FO2. The van der Waals surface area contributed by atoms with E-state index in [4.69, 9.17) is 0 Å². The van der Waals surface area contributed by atoms with E-state index in [2.05, 4.69) is 0 Å². The molecule has 0 saturated heterocycles. The van der Waals surface area contributed by atoms with Crippen molar-refractivity contribution in [3.05, 3.63) is 70.5 Å². The second kappa shape index (κ2) is 6.37. The molecule has 2 rings (SSSR count). The predicted octanol–water partition coefficient (Wildman–Crippen LogP) is 2.91. The molecule has 2 N–H and O–H groups in total. The Labute approximate surface area is 124 Å². The minimum atomic E-state index is -1.01. The molecule has 3 heteroatoms. The first-order chi connectivity index (χ1) is 10.0. The van der Waals surface area contributed by atoms with E-state index in [-0.39, 0.29) is 13.2 Å². The monoisotopic (exact) mass is 288 g/mol. The molecule has 0 radical (unpaired) electrons. The Morgan fingerprint density at radius 3 is 2.29 bits per heavy atom. The Morgan fingerprint density at radius 2 is 1.67 bits per heavy atom. The van der Waals surface area contributed by atoms with Gasteiger partial charge in [-0.15, -0.1) is 0 Å². The molecular weight excluding hydrogens is 267 g/mol. The Kier molecular flexibility index (Phi) is 4.76. The zero-order chi connectivity index (χ0) is 15.5. The summed E-state index contributed by atoms with van der Waals surface area (Å²) >= 11 is 0. The van der Waals surface area contributed by atoms with Crippen molar-refractivity contribution in [1.29, 1.82) is 0 Å². The van der Waals surface area contributed by atoms with Crippen LogP contribution in [0.4, 0.5) is 4.39 Å². The summed E-state index contributed by atoms with van der Waals surface area (Å²) < 4.78 is 14.1. The van der Waals surface area contributed by atoms with Gasteiger partial charge in [0.05, 0.1) is 13.2 Å². The van der Waals surface area contributed by atoms with Gasteiger partial charge < -0.3 is 10.2 Å². The molecule has 2 nitrogen and oxygen atoms in total. The fraction of sp³-hybridized carbons (Fsp3) is 0.333. The van der Waals surface area contributed by atoms with Crippen LogP contribution < -0.4 is 0 Å². The van der Waals surface area contributed by atoms with Crippen LogP contribution in [0.3, 0.4) is 0 Å². The van der Waals surface area contributed by atoms with E-state index in [1.807, 2.05) is 32.0 Å². The summed E-state index contributed by atoms with van der Waals surface area (Å²) in [6.07, 6.45) is 0.397. The molecule has 0 atom stereocenters. The highest BCUT2D eigenvalue weighted by molar-refractivity contribution is 5.36.